The first-order valence-electron chi connectivity index (χ1n) is 18.5. The Hall–Kier alpha value is -5.68. The zero-order chi connectivity index (χ0) is 38.9. The lowest BCUT2D eigenvalue weighted by Gasteiger charge is -2.34. The van der Waals surface area contributed by atoms with Crippen molar-refractivity contribution >= 4 is 23.9 Å². The van der Waals surface area contributed by atoms with E-state index in [1.165, 1.54) is 0 Å². The summed E-state index contributed by atoms with van der Waals surface area (Å²) in [6.45, 7) is 7.90. The molecule has 0 aliphatic heterocycles. The monoisotopic (exact) mass is 734 g/mol. The standard InChI is InChI=1S/C43H54N6O5/c1-29(2)37(48-42(53)44-27-33-21-13-7-14-22-33)40(51)46-35(25-31-17-9-5-10-18-31)39(50)36(26-32-19-11-6-12-20-32)47-41(52)38(30(3)4)49-43(54)45-28-34-23-15-8-16-24-34/h5-24,29-30,35-39,50H,25-28H2,1-4H3,(H,46,51)(H,47,52)(H2,44,48,53)(H2,45,49,54)/t35-,36-,37-,38-/m0/s1. The number of aliphatic hydroxyl groups excluding tert-OH is 1. The van der Waals surface area contributed by atoms with Gasteiger partial charge in [0.25, 0.3) is 0 Å². The third-order valence-corrected chi connectivity index (χ3v) is 9.14. The van der Waals surface area contributed by atoms with Gasteiger partial charge in [0.1, 0.15) is 12.1 Å². The number of amides is 6. The molecule has 0 bridgehead atoms. The number of carbonyl (C=O) groups is 4. The van der Waals surface area contributed by atoms with Crippen LogP contribution in [0.15, 0.2) is 121 Å². The molecule has 6 amide bonds. The molecule has 11 nitrogen and oxygen atoms in total. The Morgan fingerprint density at radius 3 is 1.06 bits per heavy atom. The molecule has 11 heteroatoms. The minimum absolute atomic E-state index is 0.244. The van der Waals surface area contributed by atoms with E-state index in [0.717, 1.165) is 22.3 Å². The first-order valence-corrected chi connectivity index (χ1v) is 18.5. The zero-order valence-electron chi connectivity index (χ0n) is 31.5. The van der Waals surface area contributed by atoms with E-state index in [-0.39, 0.29) is 37.8 Å². The zero-order valence-corrected chi connectivity index (χ0v) is 31.5. The van der Waals surface area contributed by atoms with Gasteiger partial charge in [0.15, 0.2) is 0 Å². The number of benzene rings is 4. The minimum Gasteiger partial charge on any atom is -0.389 e. The summed E-state index contributed by atoms with van der Waals surface area (Å²) in [6, 6.07) is 33.2. The van der Waals surface area contributed by atoms with Crippen LogP contribution in [0.1, 0.15) is 49.9 Å². The van der Waals surface area contributed by atoms with Crippen molar-refractivity contribution in [2.45, 2.75) is 83.9 Å². The Morgan fingerprint density at radius 1 is 0.463 bits per heavy atom. The number of carbonyl (C=O) groups excluding carboxylic acids is 4. The predicted molar refractivity (Wildman–Crippen MR) is 211 cm³/mol. The second-order valence-electron chi connectivity index (χ2n) is 14.2. The summed E-state index contributed by atoms with van der Waals surface area (Å²) in [6.07, 6.45) is -0.792. The largest absolute Gasteiger partial charge is 0.389 e. The Morgan fingerprint density at radius 2 is 0.759 bits per heavy atom. The van der Waals surface area contributed by atoms with E-state index >= 15 is 0 Å². The van der Waals surface area contributed by atoms with Crippen molar-refractivity contribution in [2.75, 3.05) is 0 Å². The highest BCUT2D eigenvalue weighted by molar-refractivity contribution is 5.88. The van der Waals surface area contributed by atoms with Crippen LogP contribution >= 0.6 is 0 Å². The van der Waals surface area contributed by atoms with Crippen molar-refractivity contribution in [1.29, 1.82) is 0 Å². The van der Waals surface area contributed by atoms with Crippen LogP contribution in [0.5, 0.6) is 0 Å². The van der Waals surface area contributed by atoms with Gasteiger partial charge in [-0.15, -0.1) is 0 Å². The summed E-state index contributed by atoms with van der Waals surface area (Å²) in [5, 5.41) is 29.4. The lowest BCUT2D eigenvalue weighted by Crippen LogP contribution is -2.62. The van der Waals surface area contributed by atoms with Crippen molar-refractivity contribution in [3.05, 3.63) is 144 Å². The molecule has 0 unspecified atom stereocenters. The summed E-state index contributed by atoms with van der Waals surface area (Å²) in [7, 11) is 0. The maximum absolute atomic E-state index is 14.0. The van der Waals surface area contributed by atoms with Crippen molar-refractivity contribution in [2.24, 2.45) is 11.8 Å². The van der Waals surface area contributed by atoms with Crippen LogP contribution in [0, 0.1) is 11.8 Å². The molecular weight excluding hydrogens is 681 g/mol. The van der Waals surface area contributed by atoms with E-state index in [1.807, 2.05) is 149 Å². The van der Waals surface area contributed by atoms with Crippen molar-refractivity contribution in [1.82, 2.24) is 31.9 Å². The van der Waals surface area contributed by atoms with Crippen LogP contribution < -0.4 is 31.9 Å². The molecule has 0 saturated heterocycles. The third-order valence-electron chi connectivity index (χ3n) is 9.14. The lowest BCUT2D eigenvalue weighted by atomic mass is 9.91. The van der Waals surface area contributed by atoms with Crippen molar-refractivity contribution < 1.29 is 24.3 Å². The van der Waals surface area contributed by atoms with Gasteiger partial charge >= 0.3 is 12.1 Å². The molecule has 0 fully saturated rings. The Kier molecular flexibility index (Phi) is 16.1. The molecule has 0 saturated carbocycles. The van der Waals surface area contributed by atoms with Crippen molar-refractivity contribution in [3.8, 4) is 0 Å². The van der Waals surface area contributed by atoms with E-state index in [9.17, 15) is 24.3 Å². The molecule has 0 spiro atoms. The fourth-order valence-electron chi connectivity index (χ4n) is 6.09. The van der Waals surface area contributed by atoms with E-state index in [2.05, 4.69) is 31.9 Å². The molecule has 286 valence electrons. The number of rotatable bonds is 18. The molecule has 4 rings (SSSR count). The smallest absolute Gasteiger partial charge is 0.315 e. The van der Waals surface area contributed by atoms with Crippen LogP contribution in [0.2, 0.25) is 0 Å². The Balaban J connectivity index is 1.54. The van der Waals surface area contributed by atoms with E-state index in [1.54, 1.807) is 0 Å². The molecule has 0 heterocycles. The molecule has 0 aromatic heterocycles. The maximum Gasteiger partial charge on any atom is 0.315 e. The summed E-state index contributed by atoms with van der Waals surface area (Å²) < 4.78 is 0. The summed E-state index contributed by atoms with van der Waals surface area (Å²) >= 11 is 0. The minimum atomic E-state index is -1.28. The molecule has 4 atom stereocenters. The first-order chi connectivity index (χ1) is 26.0. The van der Waals surface area contributed by atoms with Crippen LogP contribution in [0.25, 0.3) is 0 Å². The highest BCUT2D eigenvalue weighted by Gasteiger charge is 2.35. The van der Waals surface area contributed by atoms with Gasteiger partial charge in [-0.3, -0.25) is 9.59 Å². The topological polar surface area (TPSA) is 161 Å². The van der Waals surface area contributed by atoms with Gasteiger partial charge in [-0.05, 0) is 46.9 Å². The highest BCUT2D eigenvalue weighted by Crippen LogP contribution is 2.16. The van der Waals surface area contributed by atoms with E-state index < -0.39 is 54.1 Å². The van der Waals surface area contributed by atoms with Gasteiger partial charge in [-0.1, -0.05) is 149 Å². The van der Waals surface area contributed by atoms with Gasteiger partial charge in [-0.2, -0.15) is 0 Å². The normalized spacial score (nSPS) is 13.3. The highest BCUT2D eigenvalue weighted by atomic mass is 16.3. The van der Waals surface area contributed by atoms with E-state index in [0.29, 0.717) is 0 Å². The maximum atomic E-state index is 14.0. The van der Waals surface area contributed by atoms with Gasteiger partial charge in [0, 0.05) is 13.1 Å². The second kappa shape index (κ2) is 21.1. The summed E-state index contributed by atoms with van der Waals surface area (Å²) in [4.78, 5) is 53.9. The average molecular weight is 735 g/mol. The van der Waals surface area contributed by atoms with Gasteiger partial charge in [-0.25, -0.2) is 9.59 Å². The predicted octanol–water partition coefficient (Wildman–Crippen LogP) is 4.85. The Labute approximate surface area is 318 Å². The number of hydrogen-bond acceptors (Lipinski definition) is 5. The quantitative estimate of drug-likeness (QED) is 0.0778. The van der Waals surface area contributed by atoms with Gasteiger partial charge in [0.2, 0.25) is 11.8 Å². The molecule has 7 N–H and O–H groups in total. The Bertz CT molecular complexity index is 1610. The molecule has 0 aliphatic carbocycles. The number of aliphatic hydroxyl groups is 1. The molecule has 54 heavy (non-hydrogen) atoms. The SMILES string of the molecule is CC(C)[C@H](NC(=O)NCc1ccccc1)C(=O)N[C@@H](Cc1ccccc1)C(O)[C@H](Cc1ccccc1)NC(=O)[C@@H](NC(=O)NCc1ccccc1)C(C)C. The first kappa shape index (κ1) is 41.1. The van der Waals surface area contributed by atoms with Gasteiger partial charge in [0.05, 0.1) is 18.2 Å². The lowest BCUT2D eigenvalue weighted by molar-refractivity contribution is -0.126. The summed E-state index contributed by atoms with van der Waals surface area (Å²) in [5.41, 5.74) is 3.55. The fourth-order valence-corrected chi connectivity index (χ4v) is 6.09. The molecular formula is C43H54N6O5. The van der Waals surface area contributed by atoms with Gasteiger partial charge < -0.3 is 37.0 Å². The number of urea groups is 2. The third kappa shape index (κ3) is 13.4. The van der Waals surface area contributed by atoms with Crippen LogP contribution in [0.4, 0.5) is 9.59 Å². The van der Waals surface area contributed by atoms with Crippen LogP contribution in [-0.4, -0.2) is 59.3 Å². The average Bonchev–Trinajstić information content (AvgIpc) is 3.17. The number of hydrogen-bond donors (Lipinski definition) is 7. The van der Waals surface area contributed by atoms with Crippen LogP contribution in [0.3, 0.4) is 0 Å². The number of nitrogens with one attached hydrogen (secondary N) is 6. The van der Waals surface area contributed by atoms with Crippen LogP contribution in [-0.2, 0) is 35.5 Å². The van der Waals surface area contributed by atoms with E-state index in [4.69, 9.17) is 0 Å². The fraction of sp³-hybridized carbons (Fsp3) is 0.349. The molecule has 4 aromatic carbocycles. The van der Waals surface area contributed by atoms with Crippen molar-refractivity contribution in [3.63, 3.8) is 0 Å². The summed E-state index contributed by atoms with van der Waals surface area (Å²) in [5.74, 6) is -1.51. The molecule has 0 aliphatic rings. The second-order valence-corrected chi connectivity index (χ2v) is 14.2. The molecule has 0 radical (unpaired) electrons. The molecule has 4 aromatic rings.